The van der Waals surface area contributed by atoms with Gasteiger partial charge in [0.25, 0.3) is 0 Å². The van der Waals surface area contributed by atoms with Gasteiger partial charge in [-0.05, 0) is 6.07 Å². The molecule has 1 aromatic carbocycles. The third-order valence-corrected chi connectivity index (χ3v) is 2.71. The first-order valence-electron chi connectivity index (χ1n) is 4.13. The molecule has 0 saturated carbocycles. The molecule has 0 amide bonds. The van der Waals surface area contributed by atoms with E-state index in [0.29, 0.717) is 10.6 Å². The van der Waals surface area contributed by atoms with Crippen molar-refractivity contribution in [2.45, 2.75) is 4.90 Å². The van der Waals surface area contributed by atoms with Crippen molar-refractivity contribution in [1.29, 1.82) is 10.5 Å². The van der Waals surface area contributed by atoms with Gasteiger partial charge in [0.15, 0.2) is 0 Å². The lowest BCUT2D eigenvalue weighted by molar-refractivity contribution is 0.322. The highest BCUT2D eigenvalue weighted by atomic mass is 32.2. The van der Waals surface area contributed by atoms with Crippen molar-refractivity contribution in [2.75, 3.05) is 12.4 Å². The number of nitriles is 2. The smallest absolute Gasteiger partial charge is 0.130 e. The van der Waals surface area contributed by atoms with Crippen LogP contribution in [0.4, 0.5) is 0 Å². The van der Waals surface area contributed by atoms with Gasteiger partial charge in [-0.1, -0.05) is 0 Å². The van der Waals surface area contributed by atoms with Gasteiger partial charge >= 0.3 is 0 Å². The predicted octanol–water partition coefficient (Wildman–Crippen LogP) is 1.22. The average Bonchev–Trinajstić information content (AvgIpc) is 2.27. The van der Waals surface area contributed by atoms with Crippen molar-refractivity contribution >= 4 is 11.8 Å². The van der Waals surface area contributed by atoms with E-state index in [1.54, 1.807) is 0 Å². The highest BCUT2D eigenvalue weighted by molar-refractivity contribution is 7.99. The van der Waals surface area contributed by atoms with Crippen molar-refractivity contribution in [3.05, 3.63) is 23.3 Å². The molecule has 0 aliphatic heterocycles. The van der Waals surface area contributed by atoms with E-state index >= 15 is 0 Å². The van der Waals surface area contributed by atoms with Crippen LogP contribution in [-0.4, -0.2) is 22.6 Å². The molecular weight excluding hydrogens is 212 g/mol. The summed E-state index contributed by atoms with van der Waals surface area (Å²) in [6.07, 6.45) is 0. The van der Waals surface area contributed by atoms with Gasteiger partial charge in [-0.2, -0.15) is 10.5 Å². The van der Waals surface area contributed by atoms with Gasteiger partial charge in [-0.15, -0.1) is 11.8 Å². The fraction of sp³-hybridized carbons (Fsp3) is 0.200. The maximum Gasteiger partial charge on any atom is 0.130 e. The molecule has 0 radical (unpaired) electrons. The largest absolute Gasteiger partial charge is 0.507 e. The van der Waals surface area contributed by atoms with E-state index < -0.39 is 0 Å². The Bertz CT molecular complexity index is 446. The van der Waals surface area contributed by atoms with Gasteiger partial charge < -0.3 is 10.2 Å². The second kappa shape index (κ2) is 5.26. The molecule has 2 N–H and O–H groups in total. The molecule has 0 aliphatic rings. The fourth-order valence-corrected chi connectivity index (χ4v) is 1.74. The Hall–Kier alpha value is -1.69. The van der Waals surface area contributed by atoms with E-state index in [9.17, 15) is 5.11 Å². The number of hydrogen-bond acceptors (Lipinski definition) is 5. The number of aromatic hydroxyl groups is 1. The highest BCUT2D eigenvalue weighted by Gasteiger charge is 2.08. The van der Waals surface area contributed by atoms with Crippen molar-refractivity contribution in [3.63, 3.8) is 0 Å². The molecular formula is C10H8N2O2S. The van der Waals surface area contributed by atoms with Crippen molar-refractivity contribution < 1.29 is 10.2 Å². The maximum atomic E-state index is 9.51. The van der Waals surface area contributed by atoms with Crippen LogP contribution in [0.15, 0.2) is 17.0 Å². The second-order valence-corrected chi connectivity index (χ2v) is 3.80. The Balaban J connectivity index is 3.11. The molecule has 0 aromatic heterocycles. The predicted molar refractivity (Wildman–Crippen MR) is 55.3 cm³/mol. The van der Waals surface area contributed by atoms with Crippen LogP contribution in [-0.2, 0) is 0 Å². The zero-order chi connectivity index (χ0) is 11.3. The summed E-state index contributed by atoms with van der Waals surface area (Å²) in [5, 5.41) is 35.6. The number of phenols is 1. The second-order valence-electron chi connectivity index (χ2n) is 2.66. The Morgan fingerprint density at radius 3 is 2.33 bits per heavy atom. The summed E-state index contributed by atoms with van der Waals surface area (Å²) in [5.41, 5.74) is 0.388. The molecule has 0 aliphatic carbocycles. The molecule has 0 unspecified atom stereocenters. The van der Waals surface area contributed by atoms with Crippen LogP contribution in [0.2, 0.25) is 0 Å². The first-order valence-corrected chi connectivity index (χ1v) is 5.12. The van der Waals surface area contributed by atoms with Crippen molar-refractivity contribution in [3.8, 4) is 17.9 Å². The summed E-state index contributed by atoms with van der Waals surface area (Å²) in [6, 6.07) is 6.43. The van der Waals surface area contributed by atoms with Gasteiger partial charge in [0, 0.05) is 11.8 Å². The quantitative estimate of drug-likeness (QED) is 0.748. The Morgan fingerprint density at radius 1 is 1.20 bits per heavy atom. The Morgan fingerprint density at radius 2 is 1.80 bits per heavy atom. The molecule has 15 heavy (non-hydrogen) atoms. The molecule has 0 saturated heterocycles. The number of aliphatic hydroxyl groups excluding tert-OH is 1. The molecule has 5 heteroatoms. The zero-order valence-corrected chi connectivity index (χ0v) is 8.58. The van der Waals surface area contributed by atoms with Gasteiger partial charge in [-0.3, -0.25) is 0 Å². The number of nitrogens with zero attached hydrogens (tertiary/aromatic N) is 2. The summed E-state index contributed by atoms with van der Waals surface area (Å²) in [6.45, 7) is -0.00794. The van der Waals surface area contributed by atoms with Gasteiger partial charge in [0.1, 0.15) is 17.9 Å². The van der Waals surface area contributed by atoms with Gasteiger partial charge in [0.2, 0.25) is 0 Å². The van der Waals surface area contributed by atoms with Crippen LogP contribution in [0.25, 0.3) is 0 Å². The Labute approximate surface area is 91.4 Å². The fourth-order valence-electron chi connectivity index (χ4n) is 1.02. The highest BCUT2D eigenvalue weighted by Crippen LogP contribution is 2.30. The number of thioether (sulfide) groups is 1. The molecule has 1 aromatic rings. The third-order valence-electron chi connectivity index (χ3n) is 1.69. The molecule has 0 spiro atoms. The number of phenolic OH excluding ortho intramolecular Hbond substituents is 1. The third kappa shape index (κ3) is 2.63. The van der Waals surface area contributed by atoms with Crippen molar-refractivity contribution in [2.24, 2.45) is 0 Å². The van der Waals surface area contributed by atoms with Crippen LogP contribution in [0, 0.1) is 22.7 Å². The zero-order valence-electron chi connectivity index (χ0n) is 7.77. The molecule has 0 fully saturated rings. The minimum absolute atomic E-state index is 0.00794. The molecule has 4 nitrogen and oxygen atoms in total. The Kier molecular flexibility index (Phi) is 3.99. The van der Waals surface area contributed by atoms with Gasteiger partial charge in [0.05, 0.1) is 22.6 Å². The topological polar surface area (TPSA) is 88.0 Å². The summed E-state index contributed by atoms with van der Waals surface area (Å²) >= 11 is 1.24. The van der Waals surface area contributed by atoms with E-state index in [0.717, 1.165) is 0 Å². The average molecular weight is 220 g/mol. The van der Waals surface area contributed by atoms with Crippen LogP contribution in [0.3, 0.4) is 0 Å². The van der Waals surface area contributed by atoms with Crippen LogP contribution in [0.1, 0.15) is 11.1 Å². The minimum atomic E-state index is -0.0380. The van der Waals surface area contributed by atoms with Crippen LogP contribution < -0.4 is 0 Å². The van der Waals surface area contributed by atoms with E-state index in [-0.39, 0.29) is 23.5 Å². The van der Waals surface area contributed by atoms with Crippen molar-refractivity contribution in [1.82, 2.24) is 0 Å². The monoisotopic (exact) mass is 220 g/mol. The summed E-state index contributed by atoms with van der Waals surface area (Å²) in [4.78, 5) is 0.500. The molecule has 0 heterocycles. The van der Waals surface area contributed by atoms with Gasteiger partial charge in [-0.25, -0.2) is 0 Å². The lowest BCUT2D eigenvalue weighted by Crippen LogP contribution is -1.89. The standard InChI is InChI=1S/C10H8N2O2S/c11-5-7-3-9(14)10(15-2-1-13)4-8(7)6-12/h3-4,13-14H,1-2H2. The number of aliphatic hydroxyl groups is 1. The minimum Gasteiger partial charge on any atom is -0.507 e. The molecule has 0 bridgehead atoms. The lowest BCUT2D eigenvalue weighted by atomic mass is 10.1. The first-order chi connectivity index (χ1) is 7.22. The van der Waals surface area contributed by atoms with E-state index in [1.807, 2.05) is 12.1 Å². The van der Waals surface area contributed by atoms with E-state index in [1.165, 1.54) is 23.9 Å². The normalized spacial score (nSPS) is 9.27. The molecule has 0 atom stereocenters. The maximum absolute atomic E-state index is 9.51. The summed E-state index contributed by atoms with van der Waals surface area (Å²) in [5.74, 6) is 0.397. The van der Waals surface area contributed by atoms with E-state index in [4.69, 9.17) is 15.6 Å². The molecule has 1 rings (SSSR count). The van der Waals surface area contributed by atoms with E-state index in [2.05, 4.69) is 0 Å². The summed E-state index contributed by atoms with van der Waals surface area (Å²) < 4.78 is 0. The first kappa shape index (κ1) is 11.4. The number of hydrogen-bond donors (Lipinski definition) is 2. The molecule has 76 valence electrons. The summed E-state index contributed by atoms with van der Waals surface area (Å²) in [7, 11) is 0. The lowest BCUT2D eigenvalue weighted by Gasteiger charge is -2.04. The van der Waals surface area contributed by atoms with Crippen LogP contribution in [0.5, 0.6) is 5.75 Å². The SMILES string of the molecule is N#Cc1cc(O)c(SCCO)cc1C#N. The number of benzene rings is 1. The number of rotatable bonds is 3. The van der Waals surface area contributed by atoms with Crippen LogP contribution >= 0.6 is 11.8 Å².